The third-order valence-electron chi connectivity index (χ3n) is 4.94. The number of aromatic nitrogens is 2. The van der Waals surface area contributed by atoms with Crippen molar-refractivity contribution in [2.24, 2.45) is 0 Å². The Morgan fingerprint density at radius 2 is 1.65 bits per heavy atom. The number of rotatable bonds is 2. The molecule has 130 valence electrons. The van der Waals surface area contributed by atoms with E-state index in [1.165, 1.54) is 0 Å². The first-order valence-electron chi connectivity index (χ1n) is 7.73. The number of nitrogens with one attached hydrogen (secondary N) is 1. The van der Waals surface area contributed by atoms with E-state index in [0.717, 1.165) is 0 Å². The quantitative estimate of drug-likeness (QED) is 0.838. The Morgan fingerprint density at radius 1 is 1.04 bits per heavy atom. The minimum atomic E-state index is -4.48. The molecule has 1 aliphatic carbocycles. The third kappa shape index (κ3) is 3.07. The fourth-order valence-corrected chi connectivity index (χ4v) is 3.37. The molecule has 1 saturated carbocycles. The summed E-state index contributed by atoms with van der Waals surface area (Å²) < 4.78 is 72.1. The lowest BCUT2D eigenvalue weighted by atomic mass is 9.77. The van der Waals surface area contributed by atoms with Gasteiger partial charge >= 0.3 is 6.18 Å². The van der Waals surface area contributed by atoms with E-state index in [4.69, 9.17) is 4.52 Å². The van der Waals surface area contributed by atoms with Crippen molar-refractivity contribution < 1.29 is 26.5 Å². The van der Waals surface area contributed by atoms with Crippen molar-refractivity contribution in [1.82, 2.24) is 15.5 Å². The summed E-state index contributed by atoms with van der Waals surface area (Å²) in [6.45, 7) is 0.443. The molecule has 0 bridgehead atoms. The number of halogens is 5. The lowest BCUT2D eigenvalue weighted by molar-refractivity contribution is -0.200. The van der Waals surface area contributed by atoms with Crippen LogP contribution in [0.2, 0.25) is 0 Å². The molecule has 4 nitrogen and oxygen atoms in total. The van der Waals surface area contributed by atoms with Crippen LogP contribution >= 0.6 is 0 Å². The van der Waals surface area contributed by atoms with Crippen LogP contribution in [0.25, 0.3) is 0 Å². The van der Waals surface area contributed by atoms with Crippen LogP contribution in [0.3, 0.4) is 0 Å². The zero-order valence-electron chi connectivity index (χ0n) is 12.4. The van der Waals surface area contributed by atoms with Gasteiger partial charge in [0, 0.05) is 18.8 Å². The van der Waals surface area contributed by atoms with E-state index in [-0.39, 0.29) is 69.2 Å². The summed E-state index contributed by atoms with van der Waals surface area (Å²) in [6, 6.07) is 0. The van der Waals surface area contributed by atoms with Crippen LogP contribution in [0.15, 0.2) is 4.52 Å². The van der Waals surface area contributed by atoms with Crippen molar-refractivity contribution in [3.63, 3.8) is 0 Å². The Kier molecular flexibility index (Phi) is 4.10. The molecule has 9 heteroatoms. The molecule has 0 radical (unpaired) electrons. The van der Waals surface area contributed by atoms with Crippen LogP contribution in [0.1, 0.15) is 56.2 Å². The van der Waals surface area contributed by atoms with E-state index >= 15 is 0 Å². The van der Waals surface area contributed by atoms with E-state index in [2.05, 4.69) is 15.5 Å². The van der Waals surface area contributed by atoms with Crippen LogP contribution in [0, 0.1) is 0 Å². The molecule has 0 aromatic carbocycles. The van der Waals surface area contributed by atoms with Gasteiger partial charge in [-0.15, -0.1) is 0 Å². The van der Waals surface area contributed by atoms with Gasteiger partial charge in [-0.05, 0) is 38.8 Å². The van der Waals surface area contributed by atoms with E-state index in [0.29, 0.717) is 0 Å². The summed E-state index contributed by atoms with van der Waals surface area (Å²) in [7, 11) is 0. The van der Waals surface area contributed by atoms with Crippen molar-refractivity contribution in [3.05, 3.63) is 11.7 Å². The van der Waals surface area contributed by atoms with Crippen LogP contribution in [0.4, 0.5) is 22.0 Å². The fraction of sp³-hybridized carbons (Fsp3) is 0.857. The molecule has 2 aliphatic rings. The topological polar surface area (TPSA) is 51.0 Å². The van der Waals surface area contributed by atoms with E-state index in [9.17, 15) is 22.0 Å². The highest BCUT2D eigenvalue weighted by molar-refractivity contribution is 5.14. The summed E-state index contributed by atoms with van der Waals surface area (Å²) in [6.07, 6.45) is -5.09. The van der Waals surface area contributed by atoms with Gasteiger partial charge < -0.3 is 9.84 Å². The van der Waals surface area contributed by atoms with Crippen molar-refractivity contribution >= 4 is 0 Å². The van der Waals surface area contributed by atoms with Gasteiger partial charge in [0.2, 0.25) is 11.8 Å². The molecule has 23 heavy (non-hydrogen) atoms. The highest BCUT2D eigenvalue weighted by Gasteiger charge is 2.59. The largest absolute Gasteiger partial charge is 0.401 e. The van der Waals surface area contributed by atoms with E-state index < -0.39 is 17.5 Å². The summed E-state index contributed by atoms with van der Waals surface area (Å²) >= 11 is 0. The number of nitrogens with zero attached hydrogens (tertiary/aromatic N) is 2. The molecule has 1 aromatic rings. The highest BCUT2D eigenvalue weighted by Crippen LogP contribution is 2.47. The molecule has 0 atom stereocenters. The van der Waals surface area contributed by atoms with Gasteiger partial charge in [-0.2, -0.15) is 18.2 Å². The zero-order valence-corrected chi connectivity index (χ0v) is 12.4. The number of piperidine rings is 1. The molecule has 1 aliphatic heterocycles. The molecular weight excluding hydrogens is 321 g/mol. The minimum Gasteiger partial charge on any atom is -0.339 e. The molecule has 2 fully saturated rings. The molecule has 1 saturated heterocycles. The summed E-state index contributed by atoms with van der Waals surface area (Å²) in [5.41, 5.74) is -2.11. The lowest BCUT2D eigenvalue weighted by Crippen LogP contribution is -2.50. The third-order valence-corrected chi connectivity index (χ3v) is 4.94. The number of hydrogen-bond acceptors (Lipinski definition) is 4. The van der Waals surface area contributed by atoms with Gasteiger partial charge in [-0.3, -0.25) is 0 Å². The summed E-state index contributed by atoms with van der Waals surface area (Å²) in [5, 5.41) is 6.46. The minimum absolute atomic E-state index is 0.0534. The number of hydrogen-bond donors (Lipinski definition) is 1. The molecular formula is C14H18F5N3O. The molecule has 0 unspecified atom stereocenters. The van der Waals surface area contributed by atoms with E-state index in [1.54, 1.807) is 0 Å². The highest BCUT2D eigenvalue weighted by atomic mass is 19.4. The number of alkyl halides is 5. The van der Waals surface area contributed by atoms with Crippen molar-refractivity contribution in [3.8, 4) is 0 Å². The maximum Gasteiger partial charge on any atom is 0.401 e. The van der Waals surface area contributed by atoms with Crippen molar-refractivity contribution in [2.75, 3.05) is 13.1 Å². The Morgan fingerprint density at radius 3 is 2.22 bits per heavy atom. The summed E-state index contributed by atoms with van der Waals surface area (Å²) in [5.74, 6) is -3.40. The van der Waals surface area contributed by atoms with Gasteiger partial charge in [0.25, 0.3) is 0 Å². The van der Waals surface area contributed by atoms with Crippen molar-refractivity contribution in [2.45, 2.75) is 62.0 Å². The maximum absolute atomic E-state index is 13.6. The van der Waals surface area contributed by atoms with Gasteiger partial charge in [-0.25, -0.2) is 8.78 Å². The molecule has 1 N–H and O–H groups in total. The Hall–Kier alpha value is -1.25. The second-order valence-electron chi connectivity index (χ2n) is 6.42. The van der Waals surface area contributed by atoms with Crippen LogP contribution in [0.5, 0.6) is 0 Å². The molecule has 0 amide bonds. The Labute approximate surface area is 129 Å². The SMILES string of the molecule is FC1(F)CCC(c2nc(C3(C(F)(F)F)CCNCC3)no2)CC1. The molecule has 2 heterocycles. The molecule has 3 rings (SSSR count). The first-order valence-corrected chi connectivity index (χ1v) is 7.73. The predicted octanol–water partition coefficient (Wildman–Crippen LogP) is 3.55. The van der Waals surface area contributed by atoms with Gasteiger partial charge in [0.05, 0.1) is 0 Å². The lowest BCUT2D eigenvalue weighted by Gasteiger charge is -2.36. The van der Waals surface area contributed by atoms with Crippen LogP contribution < -0.4 is 5.32 Å². The van der Waals surface area contributed by atoms with Crippen LogP contribution in [-0.4, -0.2) is 35.3 Å². The standard InChI is InChI=1S/C14H18F5N3O/c15-13(16)3-1-9(2-4-13)10-21-11(22-23-10)12(14(17,18)19)5-7-20-8-6-12/h9,20H,1-8H2. The average Bonchev–Trinajstić information content (AvgIpc) is 2.97. The maximum atomic E-state index is 13.6. The molecule has 0 spiro atoms. The van der Waals surface area contributed by atoms with Gasteiger partial charge in [0.15, 0.2) is 5.82 Å². The fourth-order valence-electron chi connectivity index (χ4n) is 3.37. The summed E-state index contributed by atoms with van der Waals surface area (Å²) in [4.78, 5) is 3.97. The second kappa shape index (κ2) is 5.68. The average molecular weight is 339 g/mol. The smallest absolute Gasteiger partial charge is 0.339 e. The van der Waals surface area contributed by atoms with E-state index in [1.807, 2.05) is 0 Å². The normalized spacial score (nSPS) is 25.4. The first-order chi connectivity index (χ1) is 10.7. The Bertz CT molecular complexity index is 541. The van der Waals surface area contributed by atoms with Crippen molar-refractivity contribution in [1.29, 1.82) is 0 Å². The van der Waals surface area contributed by atoms with Crippen LogP contribution in [-0.2, 0) is 5.41 Å². The zero-order chi connectivity index (χ0) is 16.7. The van der Waals surface area contributed by atoms with Gasteiger partial charge in [-0.1, -0.05) is 5.16 Å². The second-order valence-corrected chi connectivity index (χ2v) is 6.42. The van der Waals surface area contributed by atoms with Gasteiger partial charge in [0.1, 0.15) is 5.41 Å². The molecule has 1 aromatic heterocycles. The Balaban J connectivity index is 1.83. The predicted molar refractivity (Wildman–Crippen MR) is 70.3 cm³/mol. The monoisotopic (exact) mass is 339 g/mol. The first kappa shape index (κ1) is 16.6.